The third-order valence-electron chi connectivity index (χ3n) is 7.98. The molecule has 0 fully saturated rings. The number of carbonyl (C=O) groups is 1. The van der Waals surface area contributed by atoms with Gasteiger partial charge in [-0.05, 0) is 109 Å². The minimum atomic E-state index is -0.667. The second kappa shape index (κ2) is 14.7. The quantitative estimate of drug-likeness (QED) is 0.237. The van der Waals surface area contributed by atoms with Crippen molar-refractivity contribution < 1.29 is 14.6 Å². The highest BCUT2D eigenvalue weighted by atomic mass is 16.5. The summed E-state index contributed by atoms with van der Waals surface area (Å²) in [6.45, 7) is 21.8. The first-order valence-electron chi connectivity index (χ1n) is 14.7. The first kappa shape index (κ1) is 31.9. The van der Waals surface area contributed by atoms with Gasteiger partial charge in [0.2, 0.25) is 0 Å². The second-order valence-corrected chi connectivity index (χ2v) is 11.0. The Morgan fingerprint density at radius 2 is 1.71 bits per heavy atom. The molecular formula is C32H53N3O3. The van der Waals surface area contributed by atoms with E-state index in [1.165, 1.54) is 11.3 Å². The molecule has 214 valence electrons. The highest BCUT2D eigenvalue weighted by molar-refractivity contribution is 5.93. The van der Waals surface area contributed by atoms with Gasteiger partial charge in [0.05, 0.1) is 12.2 Å². The number of hydrogen-bond acceptors (Lipinski definition) is 4. The molecule has 1 amide bonds. The number of ether oxygens (including phenoxy) is 1. The van der Waals surface area contributed by atoms with Crippen LogP contribution < -0.4 is 10.1 Å². The van der Waals surface area contributed by atoms with Gasteiger partial charge < -0.3 is 24.6 Å². The molecule has 2 aromatic rings. The largest absolute Gasteiger partial charge is 0.493 e. The van der Waals surface area contributed by atoms with Gasteiger partial charge in [0.25, 0.3) is 5.91 Å². The Bertz CT molecular complexity index is 998. The van der Waals surface area contributed by atoms with E-state index in [0.717, 1.165) is 68.9 Å². The van der Waals surface area contributed by atoms with E-state index in [0.29, 0.717) is 19.6 Å². The predicted molar refractivity (Wildman–Crippen MR) is 158 cm³/mol. The number of nitrogens with one attached hydrogen (secondary N) is 1. The van der Waals surface area contributed by atoms with Crippen molar-refractivity contribution in [2.45, 2.75) is 105 Å². The lowest BCUT2D eigenvalue weighted by Crippen LogP contribution is -2.33. The summed E-state index contributed by atoms with van der Waals surface area (Å²) in [4.78, 5) is 15.5. The monoisotopic (exact) mass is 527 g/mol. The van der Waals surface area contributed by atoms with Gasteiger partial charge in [-0.3, -0.25) is 4.79 Å². The number of hydrogen-bond donors (Lipinski definition) is 2. The van der Waals surface area contributed by atoms with Crippen molar-refractivity contribution in [3.8, 4) is 5.75 Å². The van der Waals surface area contributed by atoms with Crippen LogP contribution in [0.3, 0.4) is 0 Å². The van der Waals surface area contributed by atoms with E-state index >= 15 is 0 Å². The predicted octanol–water partition coefficient (Wildman–Crippen LogP) is 6.31. The zero-order chi connectivity index (χ0) is 28.3. The van der Waals surface area contributed by atoms with E-state index in [-0.39, 0.29) is 11.3 Å². The molecular weight excluding hydrogens is 474 g/mol. The molecule has 1 aromatic heterocycles. The lowest BCUT2D eigenvalue weighted by atomic mass is 9.72. The Morgan fingerprint density at radius 1 is 1.03 bits per heavy atom. The summed E-state index contributed by atoms with van der Waals surface area (Å²) in [5, 5.41) is 13.1. The number of aryl methyl sites for hydroxylation is 1. The fraction of sp³-hybridized carbons (Fsp3) is 0.656. The van der Waals surface area contributed by atoms with Gasteiger partial charge in [-0.25, -0.2) is 0 Å². The van der Waals surface area contributed by atoms with Crippen LogP contribution in [0.1, 0.15) is 108 Å². The van der Waals surface area contributed by atoms with Gasteiger partial charge in [-0.1, -0.05) is 39.8 Å². The third-order valence-corrected chi connectivity index (χ3v) is 7.98. The van der Waals surface area contributed by atoms with E-state index in [1.54, 1.807) is 0 Å². The van der Waals surface area contributed by atoms with E-state index in [2.05, 4.69) is 80.6 Å². The Hall–Kier alpha value is -2.31. The molecule has 0 atom stereocenters. The molecule has 0 unspecified atom stereocenters. The molecule has 0 saturated carbocycles. The number of aromatic nitrogens is 1. The van der Waals surface area contributed by atoms with Crippen molar-refractivity contribution in [1.29, 1.82) is 0 Å². The van der Waals surface area contributed by atoms with Gasteiger partial charge in [0.1, 0.15) is 11.4 Å². The highest BCUT2D eigenvalue weighted by Gasteiger charge is 2.35. The van der Waals surface area contributed by atoms with Gasteiger partial charge in [-0.2, -0.15) is 0 Å². The normalized spacial score (nSPS) is 12.3. The maximum Gasteiger partial charge on any atom is 0.267 e. The van der Waals surface area contributed by atoms with Crippen LogP contribution >= 0.6 is 0 Å². The molecule has 0 aliphatic rings. The van der Waals surface area contributed by atoms with Crippen molar-refractivity contribution >= 4 is 5.91 Å². The first-order valence-corrected chi connectivity index (χ1v) is 14.7. The fourth-order valence-corrected chi connectivity index (χ4v) is 5.52. The molecule has 0 radical (unpaired) electrons. The summed E-state index contributed by atoms with van der Waals surface area (Å²) in [5.74, 6) is 0.894. The molecule has 0 aliphatic carbocycles. The number of nitrogens with zero attached hydrogens (tertiary/aromatic N) is 2. The van der Waals surface area contributed by atoms with Crippen LogP contribution in [0.4, 0.5) is 0 Å². The molecule has 0 spiro atoms. The summed E-state index contributed by atoms with van der Waals surface area (Å²) >= 11 is 0. The summed E-state index contributed by atoms with van der Waals surface area (Å²) in [6.07, 6.45) is 4.33. The molecule has 2 rings (SSSR count). The van der Waals surface area contributed by atoms with Crippen molar-refractivity contribution in [1.82, 2.24) is 14.8 Å². The maximum absolute atomic E-state index is 13.2. The molecule has 2 N–H and O–H groups in total. The fourth-order valence-electron chi connectivity index (χ4n) is 5.52. The molecule has 0 saturated heterocycles. The minimum absolute atomic E-state index is 0.00439. The van der Waals surface area contributed by atoms with E-state index in [9.17, 15) is 9.90 Å². The van der Waals surface area contributed by atoms with Crippen molar-refractivity contribution in [2.24, 2.45) is 0 Å². The van der Waals surface area contributed by atoms with Crippen molar-refractivity contribution in [2.75, 3.05) is 32.8 Å². The van der Waals surface area contributed by atoms with Crippen LogP contribution in [0.2, 0.25) is 0 Å². The summed E-state index contributed by atoms with van der Waals surface area (Å²) in [6, 6.07) is 10.7. The lowest BCUT2D eigenvalue weighted by molar-refractivity contribution is 0.0641. The maximum atomic E-state index is 13.2. The average Bonchev–Trinajstić information content (AvgIpc) is 3.33. The topological polar surface area (TPSA) is 66.7 Å². The zero-order valence-electron chi connectivity index (χ0n) is 25.3. The molecule has 1 aromatic carbocycles. The third kappa shape index (κ3) is 8.09. The zero-order valence-corrected chi connectivity index (χ0v) is 25.3. The molecule has 1 heterocycles. The molecule has 0 bridgehead atoms. The summed E-state index contributed by atoms with van der Waals surface area (Å²) in [5.41, 5.74) is 3.43. The summed E-state index contributed by atoms with van der Waals surface area (Å²) in [7, 11) is 0. The number of rotatable bonds is 17. The molecule has 38 heavy (non-hydrogen) atoms. The number of aliphatic hydroxyl groups is 1. The van der Waals surface area contributed by atoms with Crippen molar-refractivity contribution in [3.63, 3.8) is 0 Å². The highest BCUT2D eigenvalue weighted by Crippen LogP contribution is 2.41. The second-order valence-electron chi connectivity index (χ2n) is 11.0. The van der Waals surface area contributed by atoms with Crippen LogP contribution in [0, 0.1) is 6.92 Å². The van der Waals surface area contributed by atoms with Crippen LogP contribution in [-0.4, -0.2) is 58.9 Å². The Kier molecular flexibility index (Phi) is 12.4. The average molecular weight is 528 g/mol. The van der Waals surface area contributed by atoms with Crippen LogP contribution in [0.15, 0.2) is 30.3 Å². The van der Waals surface area contributed by atoms with E-state index in [4.69, 9.17) is 4.74 Å². The Balaban J connectivity index is 2.23. The first-order chi connectivity index (χ1) is 18.1. The Morgan fingerprint density at radius 3 is 2.26 bits per heavy atom. The van der Waals surface area contributed by atoms with Gasteiger partial charge in [0, 0.05) is 24.2 Å². The minimum Gasteiger partial charge on any atom is -0.493 e. The van der Waals surface area contributed by atoms with Gasteiger partial charge >= 0.3 is 0 Å². The van der Waals surface area contributed by atoms with Gasteiger partial charge in [-0.15, -0.1) is 0 Å². The summed E-state index contributed by atoms with van der Waals surface area (Å²) < 4.78 is 8.25. The SMILES string of the molecule is CCN(CC)CCCNC(=O)c1ccc(C(CC)(CC)c2ccc(OCCCC(C)(C)O)c(C)c2)n1CC. The lowest BCUT2D eigenvalue weighted by Gasteiger charge is -2.34. The smallest absolute Gasteiger partial charge is 0.267 e. The van der Waals surface area contributed by atoms with Gasteiger partial charge in [0.15, 0.2) is 0 Å². The van der Waals surface area contributed by atoms with E-state index < -0.39 is 5.60 Å². The van der Waals surface area contributed by atoms with Crippen LogP contribution in [0.25, 0.3) is 0 Å². The number of carbonyl (C=O) groups excluding carboxylic acids is 1. The van der Waals surface area contributed by atoms with Crippen LogP contribution in [0.5, 0.6) is 5.75 Å². The van der Waals surface area contributed by atoms with E-state index in [1.807, 2.05) is 19.9 Å². The molecule has 6 heteroatoms. The number of benzene rings is 1. The molecule has 6 nitrogen and oxygen atoms in total. The van der Waals surface area contributed by atoms with Crippen molar-refractivity contribution in [3.05, 3.63) is 52.8 Å². The van der Waals surface area contributed by atoms with Crippen LogP contribution in [-0.2, 0) is 12.0 Å². The number of amides is 1. The standard InChI is InChI=1S/C32H53N3O3/c1-9-32(10-2,26-16-18-28(25(6)24-26)38-23-14-20-31(7,8)37)29-19-17-27(35(29)13-5)30(36)33-21-15-22-34(11-3)12-4/h16-19,24,37H,9-15,20-23H2,1-8H3,(H,33,36). The molecule has 0 aliphatic heterocycles. The Labute approximate surface area is 231 Å².